The maximum Gasteiger partial charge on any atom is 0.135 e. The highest BCUT2D eigenvalue weighted by Gasteiger charge is 2.54. The second-order valence-electron chi connectivity index (χ2n) is 8.94. The van der Waals surface area contributed by atoms with Crippen LogP contribution in [0.3, 0.4) is 0 Å². The molecule has 2 atom stereocenters. The van der Waals surface area contributed by atoms with Gasteiger partial charge in [-0.05, 0) is 73.1 Å². The first kappa shape index (κ1) is 18.9. The van der Waals surface area contributed by atoms with Gasteiger partial charge in [0, 0.05) is 0 Å². The molecule has 4 nitrogen and oxygen atoms in total. The van der Waals surface area contributed by atoms with E-state index in [9.17, 15) is 0 Å². The van der Waals surface area contributed by atoms with E-state index in [0.717, 1.165) is 19.3 Å². The molecule has 0 aromatic carbocycles. The highest BCUT2D eigenvalue weighted by atomic mass is 17.2. The van der Waals surface area contributed by atoms with Crippen LogP contribution >= 0.6 is 0 Å². The van der Waals surface area contributed by atoms with E-state index in [1.807, 2.05) is 41.5 Å². The Kier molecular flexibility index (Phi) is 5.53. The van der Waals surface area contributed by atoms with Crippen LogP contribution in [0, 0.1) is 5.41 Å². The predicted molar refractivity (Wildman–Crippen MR) is 83.7 cm³/mol. The number of hydrogen-bond acceptors (Lipinski definition) is 4. The van der Waals surface area contributed by atoms with Gasteiger partial charge in [0.05, 0.1) is 11.2 Å². The van der Waals surface area contributed by atoms with Crippen LogP contribution < -0.4 is 0 Å². The van der Waals surface area contributed by atoms with Gasteiger partial charge in [0.25, 0.3) is 0 Å². The standard InChI is InChI=1S/C17H34O4/c1-14(2,3)19-18-13-11-10-12-16(7,8)17(13,9)21-20-15(4,5)6/h13H,10-12H2,1-9H3. The Hall–Kier alpha value is -0.160. The first-order chi connectivity index (χ1) is 9.27. The van der Waals surface area contributed by atoms with Crippen LogP contribution in [-0.4, -0.2) is 22.9 Å². The Morgan fingerprint density at radius 1 is 0.857 bits per heavy atom. The minimum atomic E-state index is -0.552. The fraction of sp³-hybridized carbons (Fsp3) is 1.00. The maximum atomic E-state index is 5.92. The van der Waals surface area contributed by atoms with Gasteiger partial charge >= 0.3 is 0 Å². The Balaban J connectivity index is 2.87. The fourth-order valence-corrected chi connectivity index (χ4v) is 2.41. The van der Waals surface area contributed by atoms with Crippen molar-refractivity contribution in [2.75, 3.05) is 0 Å². The van der Waals surface area contributed by atoms with Crippen molar-refractivity contribution < 1.29 is 19.6 Å². The Bertz CT molecular complexity index is 338. The molecular formula is C17H34O4. The molecular weight excluding hydrogens is 268 g/mol. The molecule has 0 aliphatic heterocycles. The first-order valence-electron chi connectivity index (χ1n) is 7.98. The molecule has 21 heavy (non-hydrogen) atoms. The second-order valence-corrected chi connectivity index (χ2v) is 8.94. The summed E-state index contributed by atoms with van der Waals surface area (Å²) in [6.07, 6.45) is 2.93. The third-order valence-corrected chi connectivity index (χ3v) is 4.11. The van der Waals surface area contributed by atoms with Crippen molar-refractivity contribution in [1.82, 2.24) is 0 Å². The average molecular weight is 302 g/mol. The van der Waals surface area contributed by atoms with E-state index in [2.05, 4.69) is 20.8 Å². The predicted octanol–water partition coefficient (Wildman–Crippen LogP) is 4.82. The smallest absolute Gasteiger partial charge is 0.135 e. The Morgan fingerprint density at radius 3 is 1.86 bits per heavy atom. The van der Waals surface area contributed by atoms with E-state index in [-0.39, 0.29) is 22.7 Å². The van der Waals surface area contributed by atoms with Crippen LogP contribution in [0.2, 0.25) is 0 Å². The van der Waals surface area contributed by atoms with Gasteiger partial charge in [-0.3, -0.25) is 0 Å². The zero-order valence-electron chi connectivity index (χ0n) is 15.3. The summed E-state index contributed by atoms with van der Waals surface area (Å²) in [7, 11) is 0. The minimum Gasteiger partial charge on any atom is -0.231 e. The van der Waals surface area contributed by atoms with Crippen molar-refractivity contribution in [3.63, 3.8) is 0 Å². The molecule has 1 saturated carbocycles. The molecule has 2 unspecified atom stereocenters. The van der Waals surface area contributed by atoms with E-state index in [1.54, 1.807) is 0 Å². The van der Waals surface area contributed by atoms with E-state index in [0.29, 0.717) is 0 Å². The van der Waals surface area contributed by atoms with Gasteiger partial charge < -0.3 is 0 Å². The monoisotopic (exact) mass is 302 g/mol. The van der Waals surface area contributed by atoms with Crippen LogP contribution in [0.4, 0.5) is 0 Å². The molecule has 0 N–H and O–H groups in total. The summed E-state index contributed by atoms with van der Waals surface area (Å²) >= 11 is 0. The van der Waals surface area contributed by atoms with Gasteiger partial charge in [-0.15, -0.1) is 0 Å². The zero-order valence-corrected chi connectivity index (χ0v) is 15.3. The zero-order chi connectivity index (χ0) is 16.5. The van der Waals surface area contributed by atoms with Gasteiger partial charge in [0.15, 0.2) is 0 Å². The molecule has 0 aromatic rings. The lowest BCUT2D eigenvalue weighted by Crippen LogP contribution is -2.58. The highest BCUT2D eigenvalue weighted by Crippen LogP contribution is 2.48. The topological polar surface area (TPSA) is 36.9 Å². The van der Waals surface area contributed by atoms with Crippen molar-refractivity contribution in [1.29, 1.82) is 0 Å². The summed E-state index contributed by atoms with van der Waals surface area (Å²) in [4.78, 5) is 22.9. The van der Waals surface area contributed by atoms with Gasteiger partial charge in [0.2, 0.25) is 0 Å². The van der Waals surface area contributed by atoms with Crippen molar-refractivity contribution in [2.24, 2.45) is 5.41 Å². The van der Waals surface area contributed by atoms with Crippen LogP contribution in [0.5, 0.6) is 0 Å². The van der Waals surface area contributed by atoms with E-state index < -0.39 is 5.60 Å². The quantitative estimate of drug-likeness (QED) is 0.551. The maximum absolute atomic E-state index is 5.92. The molecule has 0 amide bonds. The summed E-state index contributed by atoms with van der Waals surface area (Å²) in [6.45, 7) is 18.3. The van der Waals surface area contributed by atoms with Crippen LogP contribution in [0.15, 0.2) is 0 Å². The molecule has 4 heteroatoms. The van der Waals surface area contributed by atoms with Gasteiger partial charge in [-0.2, -0.15) is 0 Å². The van der Waals surface area contributed by atoms with Crippen LogP contribution in [-0.2, 0) is 19.6 Å². The van der Waals surface area contributed by atoms with Crippen molar-refractivity contribution in [3.8, 4) is 0 Å². The lowest BCUT2D eigenvalue weighted by molar-refractivity contribution is -0.475. The molecule has 0 heterocycles. The molecule has 0 aromatic heterocycles. The largest absolute Gasteiger partial charge is 0.231 e. The molecule has 1 aliphatic rings. The normalized spacial score (nSPS) is 30.4. The number of rotatable bonds is 4. The molecule has 1 aliphatic carbocycles. The number of hydrogen-bond donors (Lipinski definition) is 0. The SMILES string of the molecule is CC(C)(C)OOC1CCCC(C)(C)C1(C)OOC(C)(C)C. The molecule has 1 rings (SSSR count). The van der Waals surface area contributed by atoms with Crippen molar-refractivity contribution in [3.05, 3.63) is 0 Å². The molecule has 0 spiro atoms. The summed E-state index contributed by atoms with van der Waals surface area (Å²) < 4.78 is 0. The Labute approximate surface area is 130 Å². The second kappa shape index (κ2) is 6.15. The third kappa shape index (κ3) is 5.20. The minimum absolute atomic E-state index is 0.0532. The fourth-order valence-electron chi connectivity index (χ4n) is 2.41. The van der Waals surface area contributed by atoms with Gasteiger partial charge in [-0.1, -0.05) is 13.8 Å². The summed E-state index contributed by atoms with van der Waals surface area (Å²) in [6, 6.07) is 0. The van der Waals surface area contributed by atoms with Crippen molar-refractivity contribution >= 4 is 0 Å². The van der Waals surface area contributed by atoms with Crippen LogP contribution in [0.1, 0.15) is 81.6 Å². The molecule has 1 fully saturated rings. The summed E-state index contributed by atoms with van der Waals surface area (Å²) in [5.74, 6) is 0. The van der Waals surface area contributed by atoms with E-state index in [1.165, 1.54) is 0 Å². The summed E-state index contributed by atoms with van der Waals surface area (Å²) in [5.41, 5.74) is -1.30. The lowest BCUT2D eigenvalue weighted by atomic mass is 9.65. The van der Waals surface area contributed by atoms with E-state index in [4.69, 9.17) is 19.6 Å². The summed E-state index contributed by atoms with van der Waals surface area (Å²) in [5, 5.41) is 0. The Morgan fingerprint density at radius 2 is 1.38 bits per heavy atom. The van der Waals surface area contributed by atoms with Crippen LogP contribution in [0.25, 0.3) is 0 Å². The highest BCUT2D eigenvalue weighted by molar-refractivity contribution is 5.00. The average Bonchev–Trinajstić information content (AvgIpc) is 2.26. The van der Waals surface area contributed by atoms with E-state index >= 15 is 0 Å². The van der Waals surface area contributed by atoms with Crippen molar-refractivity contribution in [2.45, 2.75) is 104 Å². The molecule has 0 bridgehead atoms. The lowest BCUT2D eigenvalue weighted by Gasteiger charge is -2.50. The molecule has 0 saturated heterocycles. The first-order valence-corrected chi connectivity index (χ1v) is 7.98. The molecule has 126 valence electrons. The van der Waals surface area contributed by atoms with Gasteiger partial charge in [-0.25, -0.2) is 19.6 Å². The van der Waals surface area contributed by atoms with Gasteiger partial charge in [0.1, 0.15) is 11.7 Å². The molecule has 0 radical (unpaired) electrons. The third-order valence-electron chi connectivity index (χ3n) is 4.11.